The predicted molar refractivity (Wildman–Crippen MR) is 128 cm³/mol. The largest absolute Gasteiger partial charge is 0.487 e. The molecule has 0 amide bonds. The summed E-state index contributed by atoms with van der Waals surface area (Å²) in [6.07, 6.45) is 10.5. The van der Waals surface area contributed by atoms with Gasteiger partial charge in [0, 0.05) is 10.8 Å². The zero-order valence-corrected chi connectivity index (χ0v) is 18.8. The number of hydrogen-bond donors (Lipinski definition) is 1. The van der Waals surface area contributed by atoms with Gasteiger partial charge in [-0.2, -0.15) is 0 Å². The van der Waals surface area contributed by atoms with Gasteiger partial charge in [0.25, 0.3) is 0 Å². The topological polar surface area (TPSA) is 59.4 Å². The Bertz CT molecular complexity index is 1020. The Balaban J connectivity index is 1.47. The quantitative estimate of drug-likeness (QED) is 0.454. The van der Waals surface area contributed by atoms with Crippen LogP contribution >= 0.6 is 0 Å². The first-order valence-corrected chi connectivity index (χ1v) is 11.9. The Morgan fingerprint density at radius 2 is 1.50 bits per heavy atom. The van der Waals surface area contributed by atoms with Crippen LogP contribution in [-0.2, 0) is 16.8 Å². The highest BCUT2D eigenvalue weighted by Crippen LogP contribution is 2.40. The van der Waals surface area contributed by atoms with Crippen LogP contribution in [0.2, 0.25) is 0 Å². The first kappa shape index (κ1) is 22.3. The Hall–Kier alpha value is -2.88. The van der Waals surface area contributed by atoms with Crippen molar-refractivity contribution in [1.82, 2.24) is 4.98 Å². The monoisotopic (exact) mass is 431 g/mol. The molecule has 4 nitrogen and oxygen atoms in total. The molecule has 0 aliphatic heterocycles. The maximum atomic E-state index is 11.8. The van der Waals surface area contributed by atoms with E-state index < -0.39 is 5.97 Å². The van der Waals surface area contributed by atoms with Crippen LogP contribution in [-0.4, -0.2) is 16.1 Å². The Labute approximate surface area is 190 Å². The maximum absolute atomic E-state index is 11.8. The highest BCUT2D eigenvalue weighted by molar-refractivity contribution is 5.78. The third-order valence-corrected chi connectivity index (χ3v) is 6.81. The van der Waals surface area contributed by atoms with Crippen LogP contribution < -0.4 is 4.74 Å². The Morgan fingerprint density at radius 1 is 0.844 bits per heavy atom. The second kappa shape index (κ2) is 10.6. The Morgan fingerprint density at radius 3 is 2.19 bits per heavy atom. The number of carboxylic acids is 1. The van der Waals surface area contributed by atoms with Gasteiger partial charge in [-0.05, 0) is 42.7 Å². The van der Waals surface area contributed by atoms with Crippen molar-refractivity contribution in [1.29, 1.82) is 0 Å². The van der Waals surface area contributed by atoms with E-state index in [1.54, 1.807) is 0 Å². The normalized spacial score (nSPS) is 17.0. The lowest BCUT2D eigenvalue weighted by atomic mass is 9.70. The minimum absolute atomic E-state index is 0.203. The van der Waals surface area contributed by atoms with Gasteiger partial charge in [-0.25, -0.2) is 4.98 Å². The zero-order valence-electron chi connectivity index (χ0n) is 18.8. The molecule has 32 heavy (non-hydrogen) atoms. The fourth-order valence-corrected chi connectivity index (χ4v) is 5.04. The van der Waals surface area contributed by atoms with E-state index >= 15 is 0 Å². The highest BCUT2D eigenvalue weighted by atomic mass is 16.5. The van der Waals surface area contributed by atoms with E-state index in [2.05, 4.69) is 29.2 Å². The standard InChI is InChI=1S/C28H33NO3/c30-27(31)20-28(18-8-4-2-1-3-5-9-19-28)23-13-16-25(17-14-23)32-21-24-15-12-22-10-6-7-11-26(22)29-24/h6-7,10-17H,1-5,8-9,18-21H2,(H,30,31). The molecule has 0 spiro atoms. The van der Waals surface area contributed by atoms with Crippen molar-refractivity contribution < 1.29 is 14.6 Å². The lowest BCUT2D eigenvalue weighted by Crippen LogP contribution is -2.30. The number of aromatic nitrogens is 1. The van der Waals surface area contributed by atoms with Crippen LogP contribution in [0.1, 0.15) is 75.5 Å². The van der Waals surface area contributed by atoms with Gasteiger partial charge in [-0.1, -0.05) is 81.3 Å². The maximum Gasteiger partial charge on any atom is 0.304 e. The average molecular weight is 432 g/mol. The number of rotatable bonds is 6. The molecule has 4 heteroatoms. The molecule has 3 aromatic rings. The molecule has 1 aliphatic carbocycles. The first-order valence-electron chi connectivity index (χ1n) is 11.9. The molecule has 1 aromatic heterocycles. The molecule has 1 fully saturated rings. The summed E-state index contributed by atoms with van der Waals surface area (Å²) in [5, 5.41) is 10.8. The minimum Gasteiger partial charge on any atom is -0.487 e. The van der Waals surface area contributed by atoms with Crippen molar-refractivity contribution in [2.45, 2.75) is 76.2 Å². The molecule has 0 saturated heterocycles. The average Bonchev–Trinajstić information content (AvgIpc) is 2.81. The van der Waals surface area contributed by atoms with E-state index in [1.165, 1.54) is 32.1 Å². The molecule has 0 atom stereocenters. The zero-order chi connectivity index (χ0) is 22.2. The number of para-hydroxylation sites is 1. The second-order valence-electron chi connectivity index (χ2n) is 9.13. The van der Waals surface area contributed by atoms with E-state index in [0.29, 0.717) is 6.61 Å². The van der Waals surface area contributed by atoms with Crippen LogP contribution in [0.15, 0.2) is 60.7 Å². The molecular formula is C28H33NO3. The SMILES string of the molecule is O=C(O)CC1(c2ccc(OCc3ccc4ccccc4n3)cc2)CCCCCCCCC1. The number of carbonyl (C=O) groups is 1. The number of nitrogens with zero attached hydrogens (tertiary/aromatic N) is 1. The summed E-state index contributed by atoms with van der Waals surface area (Å²) in [6, 6.07) is 20.3. The third kappa shape index (κ3) is 5.67. The lowest BCUT2D eigenvalue weighted by molar-refractivity contribution is -0.138. The highest BCUT2D eigenvalue weighted by Gasteiger charge is 2.34. The van der Waals surface area contributed by atoms with Crippen molar-refractivity contribution >= 4 is 16.9 Å². The van der Waals surface area contributed by atoms with E-state index in [0.717, 1.165) is 53.6 Å². The fourth-order valence-electron chi connectivity index (χ4n) is 5.04. The molecule has 2 aromatic carbocycles. The van der Waals surface area contributed by atoms with Gasteiger partial charge in [0.1, 0.15) is 12.4 Å². The van der Waals surface area contributed by atoms with Crippen LogP contribution in [0.25, 0.3) is 10.9 Å². The van der Waals surface area contributed by atoms with E-state index in [4.69, 9.17) is 4.74 Å². The summed E-state index contributed by atoms with van der Waals surface area (Å²) in [5.41, 5.74) is 2.72. The van der Waals surface area contributed by atoms with Crippen molar-refractivity contribution in [3.63, 3.8) is 0 Å². The van der Waals surface area contributed by atoms with E-state index in [1.807, 2.05) is 36.4 Å². The summed E-state index contributed by atoms with van der Waals surface area (Å²) in [4.78, 5) is 16.5. The van der Waals surface area contributed by atoms with Gasteiger partial charge < -0.3 is 9.84 Å². The van der Waals surface area contributed by atoms with Crippen LogP contribution in [0.3, 0.4) is 0 Å². The van der Waals surface area contributed by atoms with Gasteiger partial charge >= 0.3 is 5.97 Å². The summed E-state index contributed by atoms with van der Waals surface area (Å²) < 4.78 is 6.00. The molecule has 4 rings (SSSR count). The number of pyridine rings is 1. The predicted octanol–water partition coefficient (Wildman–Crippen LogP) is 7.05. The Kier molecular flexibility index (Phi) is 7.41. The van der Waals surface area contributed by atoms with Gasteiger partial charge in [0.05, 0.1) is 17.6 Å². The van der Waals surface area contributed by atoms with Gasteiger partial charge in [0.2, 0.25) is 0 Å². The van der Waals surface area contributed by atoms with Crippen LogP contribution in [0.4, 0.5) is 0 Å². The van der Waals surface area contributed by atoms with E-state index in [9.17, 15) is 9.90 Å². The number of benzene rings is 2. The van der Waals surface area contributed by atoms with Gasteiger partial charge in [0.15, 0.2) is 0 Å². The molecule has 0 unspecified atom stereocenters. The van der Waals surface area contributed by atoms with Gasteiger partial charge in [-0.15, -0.1) is 0 Å². The smallest absolute Gasteiger partial charge is 0.304 e. The van der Waals surface area contributed by atoms with Gasteiger partial charge in [-0.3, -0.25) is 4.79 Å². The molecule has 168 valence electrons. The summed E-state index contributed by atoms with van der Waals surface area (Å²) in [5.74, 6) is 0.0822. The number of fused-ring (bicyclic) bond motifs is 1. The fraction of sp³-hybridized carbons (Fsp3) is 0.429. The summed E-state index contributed by atoms with van der Waals surface area (Å²) in [6.45, 7) is 0.407. The van der Waals surface area contributed by atoms with Crippen molar-refractivity contribution in [3.05, 3.63) is 71.9 Å². The molecular weight excluding hydrogens is 398 g/mol. The summed E-state index contributed by atoms with van der Waals surface area (Å²) >= 11 is 0. The number of carboxylic acid groups (broad SMARTS) is 1. The van der Waals surface area contributed by atoms with Crippen molar-refractivity contribution in [2.24, 2.45) is 0 Å². The molecule has 1 heterocycles. The molecule has 1 saturated carbocycles. The van der Waals surface area contributed by atoms with Crippen molar-refractivity contribution in [2.75, 3.05) is 0 Å². The second-order valence-corrected chi connectivity index (χ2v) is 9.13. The first-order chi connectivity index (χ1) is 15.6. The third-order valence-electron chi connectivity index (χ3n) is 6.81. The number of ether oxygens (including phenoxy) is 1. The van der Waals surface area contributed by atoms with Crippen molar-refractivity contribution in [3.8, 4) is 5.75 Å². The lowest BCUT2D eigenvalue weighted by Gasteiger charge is -2.34. The summed E-state index contributed by atoms with van der Waals surface area (Å²) in [7, 11) is 0. The number of aliphatic carboxylic acids is 1. The minimum atomic E-state index is -0.704. The molecule has 0 bridgehead atoms. The number of hydrogen-bond acceptors (Lipinski definition) is 3. The molecule has 1 aliphatic rings. The van der Waals surface area contributed by atoms with E-state index in [-0.39, 0.29) is 11.8 Å². The van der Waals surface area contributed by atoms with Crippen LogP contribution in [0.5, 0.6) is 5.75 Å². The molecule has 1 N–H and O–H groups in total. The molecule has 0 radical (unpaired) electrons. The van der Waals surface area contributed by atoms with Crippen LogP contribution in [0, 0.1) is 0 Å².